The summed E-state index contributed by atoms with van der Waals surface area (Å²) >= 11 is 0. The van der Waals surface area contributed by atoms with Gasteiger partial charge < -0.3 is 15.8 Å². The quantitative estimate of drug-likeness (QED) is 0.697. The molecule has 0 spiro atoms. The maximum absolute atomic E-state index is 5.99. The van der Waals surface area contributed by atoms with Crippen molar-refractivity contribution >= 4 is 23.1 Å². The summed E-state index contributed by atoms with van der Waals surface area (Å²) < 4.78 is 7.19. The van der Waals surface area contributed by atoms with Crippen LogP contribution in [0.15, 0.2) is 36.5 Å². The van der Waals surface area contributed by atoms with Gasteiger partial charge in [0.1, 0.15) is 0 Å². The van der Waals surface area contributed by atoms with Crippen LogP contribution in [0.2, 0.25) is 0 Å². The van der Waals surface area contributed by atoms with Crippen LogP contribution in [0.3, 0.4) is 0 Å². The summed E-state index contributed by atoms with van der Waals surface area (Å²) in [5.74, 6) is 0.904. The molecule has 2 aromatic heterocycles. The van der Waals surface area contributed by atoms with E-state index in [1.165, 1.54) is 0 Å². The Labute approximate surface area is 152 Å². The number of rotatable bonds is 6. The molecule has 0 radical (unpaired) electrons. The molecule has 0 aliphatic carbocycles. The van der Waals surface area contributed by atoms with Gasteiger partial charge in [0.25, 0.3) is 0 Å². The predicted octanol–water partition coefficient (Wildman–Crippen LogP) is 1.71. The SMILES string of the molecule is Nc1ncc(CCCN2CCOCC2)n2nc(Nc3ccccc3)nc12. The Balaban J connectivity index is 1.48. The van der Waals surface area contributed by atoms with E-state index < -0.39 is 0 Å². The topological polar surface area (TPSA) is 93.6 Å². The molecular weight excluding hydrogens is 330 g/mol. The van der Waals surface area contributed by atoms with Gasteiger partial charge in [-0.2, -0.15) is 4.98 Å². The van der Waals surface area contributed by atoms with Crippen LogP contribution in [0, 0.1) is 0 Å². The smallest absolute Gasteiger partial charge is 0.247 e. The average Bonchev–Trinajstić information content (AvgIpc) is 3.10. The van der Waals surface area contributed by atoms with Gasteiger partial charge in [0, 0.05) is 18.8 Å². The van der Waals surface area contributed by atoms with Crippen molar-refractivity contribution in [1.29, 1.82) is 0 Å². The van der Waals surface area contributed by atoms with Crippen molar-refractivity contribution in [2.45, 2.75) is 12.8 Å². The molecule has 3 aromatic rings. The number of nitrogens with one attached hydrogen (secondary N) is 1. The summed E-state index contributed by atoms with van der Waals surface area (Å²) in [6, 6.07) is 9.83. The summed E-state index contributed by atoms with van der Waals surface area (Å²) in [5.41, 5.74) is 8.53. The average molecular weight is 353 g/mol. The minimum absolute atomic E-state index is 0.385. The highest BCUT2D eigenvalue weighted by Gasteiger charge is 2.13. The summed E-state index contributed by atoms with van der Waals surface area (Å²) in [7, 11) is 0. The van der Waals surface area contributed by atoms with Crippen molar-refractivity contribution in [3.8, 4) is 0 Å². The number of ether oxygens (including phenoxy) is 1. The molecular formula is C18H23N7O. The zero-order valence-electron chi connectivity index (χ0n) is 14.6. The first-order chi connectivity index (χ1) is 12.8. The van der Waals surface area contributed by atoms with Crippen LogP contribution < -0.4 is 11.1 Å². The van der Waals surface area contributed by atoms with Crippen LogP contribution in [0.1, 0.15) is 12.1 Å². The number of hydrogen-bond donors (Lipinski definition) is 2. The Kier molecular flexibility index (Phi) is 4.94. The molecule has 1 aliphatic rings. The number of hydrogen-bond acceptors (Lipinski definition) is 7. The van der Waals surface area contributed by atoms with Gasteiger partial charge in [0.15, 0.2) is 11.5 Å². The Morgan fingerprint density at radius 3 is 2.77 bits per heavy atom. The number of morpholine rings is 1. The van der Waals surface area contributed by atoms with Gasteiger partial charge in [-0.05, 0) is 31.5 Å². The number of anilines is 3. The van der Waals surface area contributed by atoms with Crippen LogP contribution in [-0.4, -0.2) is 57.3 Å². The molecule has 1 fully saturated rings. The van der Waals surface area contributed by atoms with E-state index in [0.29, 0.717) is 17.4 Å². The van der Waals surface area contributed by atoms with E-state index in [-0.39, 0.29) is 0 Å². The zero-order chi connectivity index (χ0) is 17.8. The summed E-state index contributed by atoms with van der Waals surface area (Å²) in [6.07, 6.45) is 3.69. The van der Waals surface area contributed by atoms with Crippen molar-refractivity contribution in [2.24, 2.45) is 0 Å². The van der Waals surface area contributed by atoms with Gasteiger partial charge >= 0.3 is 0 Å². The molecule has 3 heterocycles. The van der Waals surface area contributed by atoms with E-state index >= 15 is 0 Å². The minimum Gasteiger partial charge on any atom is -0.381 e. The van der Waals surface area contributed by atoms with Crippen molar-refractivity contribution in [1.82, 2.24) is 24.5 Å². The first-order valence-corrected chi connectivity index (χ1v) is 8.92. The molecule has 1 aliphatic heterocycles. The number of nitrogens with zero attached hydrogens (tertiary/aromatic N) is 5. The molecule has 0 atom stereocenters. The first-order valence-electron chi connectivity index (χ1n) is 8.92. The Bertz CT molecular complexity index is 859. The molecule has 8 heteroatoms. The largest absolute Gasteiger partial charge is 0.381 e. The van der Waals surface area contributed by atoms with Gasteiger partial charge in [0.2, 0.25) is 5.95 Å². The third-order valence-electron chi connectivity index (χ3n) is 4.50. The van der Waals surface area contributed by atoms with Gasteiger partial charge in [0.05, 0.1) is 25.1 Å². The minimum atomic E-state index is 0.385. The van der Waals surface area contributed by atoms with Gasteiger partial charge in [-0.1, -0.05) is 18.2 Å². The highest BCUT2D eigenvalue weighted by Crippen LogP contribution is 2.18. The number of aromatic nitrogens is 4. The fraction of sp³-hybridized carbons (Fsp3) is 0.389. The molecule has 0 amide bonds. The predicted molar refractivity (Wildman–Crippen MR) is 100 cm³/mol. The Hall–Kier alpha value is -2.71. The van der Waals surface area contributed by atoms with E-state index in [2.05, 4.69) is 25.3 Å². The van der Waals surface area contributed by atoms with Crippen molar-refractivity contribution in [3.63, 3.8) is 0 Å². The molecule has 0 unspecified atom stereocenters. The second-order valence-corrected chi connectivity index (χ2v) is 6.35. The molecule has 3 N–H and O–H groups in total. The summed E-state index contributed by atoms with van der Waals surface area (Å²) in [5, 5.41) is 7.78. The van der Waals surface area contributed by atoms with Crippen LogP contribution in [0.4, 0.5) is 17.5 Å². The maximum Gasteiger partial charge on any atom is 0.247 e. The fourth-order valence-electron chi connectivity index (χ4n) is 3.12. The van der Waals surface area contributed by atoms with Crippen LogP contribution in [-0.2, 0) is 11.2 Å². The van der Waals surface area contributed by atoms with Crippen LogP contribution in [0.5, 0.6) is 0 Å². The van der Waals surface area contributed by atoms with Crippen molar-refractivity contribution in [2.75, 3.05) is 43.9 Å². The molecule has 136 valence electrons. The highest BCUT2D eigenvalue weighted by atomic mass is 16.5. The molecule has 26 heavy (non-hydrogen) atoms. The van der Waals surface area contributed by atoms with Gasteiger partial charge in [-0.25, -0.2) is 9.50 Å². The van der Waals surface area contributed by atoms with Crippen molar-refractivity contribution < 1.29 is 4.74 Å². The Morgan fingerprint density at radius 1 is 1.15 bits per heavy atom. The lowest BCUT2D eigenvalue weighted by molar-refractivity contribution is 0.0374. The summed E-state index contributed by atoms with van der Waals surface area (Å²) in [6.45, 7) is 4.70. The van der Waals surface area contributed by atoms with E-state index in [1.807, 2.05) is 30.3 Å². The number of para-hydroxylation sites is 1. The van der Waals surface area contributed by atoms with E-state index in [4.69, 9.17) is 10.5 Å². The van der Waals surface area contributed by atoms with E-state index in [1.54, 1.807) is 10.7 Å². The lowest BCUT2D eigenvalue weighted by Crippen LogP contribution is -2.37. The normalized spacial score (nSPS) is 15.4. The molecule has 8 nitrogen and oxygen atoms in total. The number of aryl methyl sites for hydroxylation is 1. The second-order valence-electron chi connectivity index (χ2n) is 6.35. The third-order valence-corrected chi connectivity index (χ3v) is 4.50. The third kappa shape index (κ3) is 3.76. The highest BCUT2D eigenvalue weighted by molar-refractivity contribution is 5.63. The monoisotopic (exact) mass is 353 g/mol. The van der Waals surface area contributed by atoms with Crippen LogP contribution in [0.25, 0.3) is 5.65 Å². The van der Waals surface area contributed by atoms with Gasteiger partial charge in [-0.3, -0.25) is 4.90 Å². The molecule has 0 saturated carbocycles. The lowest BCUT2D eigenvalue weighted by Gasteiger charge is -2.26. The lowest BCUT2D eigenvalue weighted by atomic mass is 10.2. The van der Waals surface area contributed by atoms with E-state index in [0.717, 1.165) is 57.1 Å². The zero-order valence-corrected chi connectivity index (χ0v) is 14.6. The molecule has 0 bridgehead atoms. The second kappa shape index (κ2) is 7.67. The first kappa shape index (κ1) is 16.7. The fourth-order valence-corrected chi connectivity index (χ4v) is 3.12. The Morgan fingerprint density at radius 2 is 1.96 bits per heavy atom. The van der Waals surface area contributed by atoms with Crippen molar-refractivity contribution in [3.05, 3.63) is 42.2 Å². The number of fused-ring (bicyclic) bond motifs is 1. The molecule has 1 aromatic carbocycles. The number of benzene rings is 1. The van der Waals surface area contributed by atoms with Gasteiger partial charge in [-0.15, -0.1) is 5.10 Å². The standard InChI is InChI=1S/C18H23N7O/c19-16-17-22-18(21-14-5-2-1-3-6-14)23-25(17)15(13-20-16)7-4-8-24-9-11-26-12-10-24/h1-3,5-6,13H,4,7-12H2,(H2,19,20)(H,21,23). The number of nitrogen functional groups attached to an aromatic ring is 1. The van der Waals surface area contributed by atoms with Crippen LogP contribution >= 0.6 is 0 Å². The molecule has 1 saturated heterocycles. The van der Waals surface area contributed by atoms with E-state index in [9.17, 15) is 0 Å². The summed E-state index contributed by atoms with van der Waals surface area (Å²) in [4.78, 5) is 11.2. The molecule has 4 rings (SSSR count). The number of nitrogens with two attached hydrogens (primary N) is 1. The maximum atomic E-state index is 5.99.